The van der Waals surface area contributed by atoms with Gasteiger partial charge in [0.05, 0.1) is 16.8 Å². The number of carbonyl (C=O) groups is 3. The number of rotatable bonds is 4. The molecule has 1 aromatic carbocycles. The SMILES string of the molecule is CC(C)C(C(=O)Nc1nc2c(s1)CCCCC2)N1C(=O)c2ccccc2C1=O. The molecule has 1 aliphatic carbocycles. The minimum Gasteiger partial charge on any atom is -0.300 e. The average Bonchev–Trinajstić information content (AvgIpc) is 3.05. The number of anilines is 1. The molecule has 146 valence electrons. The number of thiazole rings is 1. The molecule has 7 heteroatoms. The zero-order chi connectivity index (χ0) is 19.8. The highest BCUT2D eigenvalue weighted by atomic mass is 32.1. The molecule has 1 atom stereocenters. The maximum Gasteiger partial charge on any atom is 0.262 e. The fraction of sp³-hybridized carbons (Fsp3) is 0.429. The molecule has 0 fully saturated rings. The van der Waals surface area contributed by atoms with Crippen molar-refractivity contribution in [3.8, 4) is 0 Å². The third-order valence-electron chi connectivity index (χ3n) is 5.33. The maximum atomic E-state index is 13.1. The summed E-state index contributed by atoms with van der Waals surface area (Å²) in [5.41, 5.74) is 1.78. The van der Waals surface area contributed by atoms with Crippen LogP contribution in [0, 0.1) is 5.92 Å². The molecule has 2 aromatic rings. The van der Waals surface area contributed by atoms with Gasteiger partial charge in [-0.05, 0) is 43.7 Å². The molecule has 0 saturated carbocycles. The molecule has 4 rings (SSSR count). The number of nitrogens with one attached hydrogen (secondary N) is 1. The lowest BCUT2D eigenvalue weighted by Gasteiger charge is -2.27. The summed E-state index contributed by atoms with van der Waals surface area (Å²) >= 11 is 1.51. The Morgan fingerprint density at radius 2 is 1.71 bits per heavy atom. The molecule has 1 N–H and O–H groups in total. The van der Waals surface area contributed by atoms with E-state index in [-0.39, 0.29) is 11.8 Å². The van der Waals surface area contributed by atoms with E-state index in [1.165, 1.54) is 22.6 Å². The number of hydrogen-bond acceptors (Lipinski definition) is 5. The predicted octanol–water partition coefficient (Wildman–Crippen LogP) is 3.67. The number of nitrogens with zero attached hydrogens (tertiary/aromatic N) is 2. The van der Waals surface area contributed by atoms with Gasteiger partial charge >= 0.3 is 0 Å². The number of aromatic nitrogens is 1. The Hall–Kier alpha value is -2.54. The first-order valence-electron chi connectivity index (χ1n) is 9.73. The summed E-state index contributed by atoms with van der Waals surface area (Å²) in [4.78, 5) is 45.6. The standard InChI is InChI=1S/C21H23N3O3S/c1-12(2)17(24-19(26)13-8-6-7-9-14(13)20(24)27)18(25)23-21-22-15-10-4-3-5-11-16(15)28-21/h6-9,12,17H,3-5,10-11H2,1-2H3,(H,22,23,25). The largest absolute Gasteiger partial charge is 0.300 e. The van der Waals surface area contributed by atoms with Gasteiger partial charge in [-0.3, -0.25) is 19.3 Å². The predicted molar refractivity (Wildman–Crippen MR) is 108 cm³/mol. The molecular weight excluding hydrogens is 374 g/mol. The van der Waals surface area contributed by atoms with Gasteiger partial charge in [0.15, 0.2) is 5.13 Å². The van der Waals surface area contributed by atoms with Crippen LogP contribution in [0.4, 0.5) is 5.13 Å². The Kier molecular flexibility index (Phi) is 5.02. The first-order chi connectivity index (χ1) is 13.5. The minimum atomic E-state index is -0.879. The summed E-state index contributed by atoms with van der Waals surface area (Å²) in [6, 6.07) is 5.82. The first-order valence-corrected chi connectivity index (χ1v) is 10.6. The molecule has 2 aliphatic rings. The third kappa shape index (κ3) is 3.24. The van der Waals surface area contributed by atoms with Crippen molar-refractivity contribution in [2.45, 2.75) is 52.0 Å². The number of carbonyl (C=O) groups excluding carboxylic acids is 3. The Labute approximate surface area is 168 Å². The zero-order valence-electron chi connectivity index (χ0n) is 16.0. The van der Waals surface area contributed by atoms with E-state index in [2.05, 4.69) is 10.3 Å². The molecule has 0 radical (unpaired) electrons. The van der Waals surface area contributed by atoms with Gasteiger partial charge in [0.2, 0.25) is 5.91 Å². The first kappa shape index (κ1) is 18.8. The van der Waals surface area contributed by atoms with Crippen molar-refractivity contribution >= 4 is 34.2 Å². The van der Waals surface area contributed by atoms with E-state index in [0.717, 1.165) is 36.3 Å². The number of aryl methyl sites for hydroxylation is 2. The quantitative estimate of drug-likeness (QED) is 0.631. The summed E-state index contributed by atoms with van der Waals surface area (Å²) in [7, 11) is 0. The second-order valence-corrected chi connectivity index (χ2v) is 8.74. The van der Waals surface area contributed by atoms with Crippen molar-refractivity contribution in [2.75, 3.05) is 5.32 Å². The van der Waals surface area contributed by atoms with Crippen molar-refractivity contribution in [2.24, 2.45) is 5.92 Å². The Bertz CT molecular complexity index is 892. The second-order valence-electron chi connectivity index (χ2n) is 7.65. The molecule has 0 spiro atoms. The summed E-state index contributed by atoms with van der Waals surface area (Å²) in [6.07, 6.45) is 5.41. The fourth-order valence-corrected chi connectivity index (χ4v) is 4.99. The van der Waals surface area contributed by atoms with Crippen LogP contribution in [0.5, 0.6) is 0 Å². The van der Waals surface area contributed by atoms with Crippen LogP contribution < -0.4 is 5.32 Å². The molecule has 6 nitrogen and oxygen atoms in total. The zero-order valence-corrected chi connectivity index (χ0v) is 16.8. The average molecular weight is 398 g/mol. The summed E-state index contributed by atoms with van der Waals surface area (Å²) in [5, 5.41) is 3.42. The Balaban J connectivity index is 1.58. The maximum absolute atomic E-state index is 13.1. The monoisotopic (exact) mass is 397 g/mol. The van der Waals surface area contributed by atoms with Crippen LogP contribution in [0.3, 0.4) is 0 Å². The lowest BCUT2D eigenvalue weighted by molar-refractivity contribution is -0.121. The van der Waals surface area contributed by atoms with Crippen molar-refractivity contribution < 1.29 is 14.4 Å². The Morgan fingerprint density at radius 3 is 2.36 bits per heavy atom. The number of amides is 3. The van der Waals surface area contributed by atoms with E-state index in [1.807, 2.05) is 13.8 Å². The molecule has 0 saturated heterocycles. The van der Waals surface area contributed by atoms with Crippen molar-refractivity contribution in [3.63, 3.8) is 0 Å². The highest BCUT2D eigenvalue weighted by molar-refractivity contribution is 7.15. The van der Waals surface area contributed by atoms with Crippen LogP contribution in [-0.4, -0.2) is 33.6 Å². The number of benzene rings is 1. The second kappa shape index (κ2) is 7.47. The van der Waals surface area contributed by atoms with Gasteiger partial charge in [-0.15, -0.1) is 11.3 Å². The minimum absolute atomic E-state index is 0.222. The van der Waals surface area contributed by atoms with E-state index >= 15 is 0 Å². The van der Waals surface area contributed by atoms with Gasteiger partial charge < -0.3 is 5.32 Å². The smallest absolute Gasteiger partial charge is 0.262 e. The number of fused-ring (bicyclic) bond motifs is 2. The highest BCUT2D eigenvalue weighted by Gasteiger charge is 2.44. The normalized spacial score (nSPS) is 17.3. The number of imide groups is 1. The van der Waals surface area contributed by atoms with Gasteiger partial charge in [0, 0.05) is 4.88 Å². The van der Waals surface area contributed by atoms with Crippen molar-refractivity contribution in [1.29, 1.82) is 0 Å². The van der Waals surface area contributed by atoms with E-state index in [9.17, 15) is 14.4 Å². The third-order valence-corrected chi connectivity index (χ3v) is 6.40. The van der Waals surface area contributed by atoms with E-state index in [1.54, 1.807) is 24.3 Å². The van der Waals surface area contributed by atoms with Gasteiger partial charge in [0.1, 0.15) is 6.04 Å². The van der Waals surface area contributed by atoms with E-state index < -0.39 is 17.9 Å². The summed E-state index contributed by atoms with van der Waals surface area (Å²) in [5.74, 6) is -1.41. The molecular formula is C21H23N3O3S. The van der Waals surface area contributed by atoms with Crippen LogP contribution in [0.25, 0.3) is 0 Å². The summed E-state index contributed by atoms with van der Waals surface area (Å²) < 4.78 is 0. The molecule has 28 heavy (non-hydrogen) atoms. The van der Waals surface area contributed by atoms with Gasteiger partial charge in [0.25, 0.3) is 11.8 Å². The topological polar surface area (TPSA) is 79.4 Å². The Morgan fingerprint density at radius 1 is 1.07 bits per heavy atom. The van der Waals surface area contributed by atoms with Crippen LogP contribution in [-0.2, 0) is 17.6 Å². The molecule has 1 aliphatic heterocycles. The van der Waals surface area contributed by atoms with Crippen LogP contribution in [0.15, 0.2) is 24.3 Å². The van der Waals surface area contributed by atoms with Gasteiger partial charge in [-0.25, -0.2) is 4.98 Å². The lowest BCUT2D eigenvalue weighted by atomic mass is 10.0. The molecule has 1 unspecified atom stereocenters. The fourth-order valence-electron chi connectivity index (χ4n) is 3.94. The number of hydrogen-bond donors (Lipinski definition) is 1. The van der Waals surface area contributed by atoms with Crippen molar-refractivity contribution in [3.05, 3.63) is 46.0 Å². The van der Waals surface area contributed by atoms with E-state index in [4.69, 9.17) is 0 Å². The van der Waals surface area contributed by atoms with Gasteiger partial charge in [-0.1, -0.05) is 32.4 Å². The van der Waals surface area contributed by atoms with Crippen LogP contribution in [0.1, 0.15) is 64.4 Å². The van der Waals surface area contributed by atoms with E-state index in [0.29, 0.717) is 16.3 Å². The lowest BCUT2D eigenvalue weighted by Crippen LogP contribution is -2.50. The highest BCUT2D eigenvalue weighted by Crippen LogP contribution is 2.31. The molecule has 0 bridgehead atoms. The summed E-state index contributed by atoms with van der Waals surface area (Å²) in [6.45, 7) is 3.68. The van der Waals surface area contributed by atoms with Crippen LogP contribution >= 0.6 is 11.3 Å². The van der Waals surface area contributed by atoms with Crippen LogP contribution in [0.2, 0.25) is 0 Å². The molecule has 2 heterocycles. The molecule has 3 amide bonds. The van der Waals surface area contributed by atoms with Crippen molar-refractivity contribution in [1.82, 2.24) is 9.88 Å². The molecule has 1 aromatic heterocycles. The van der Waals surface area contributed by atoms with Gasteiger partial charge in [-0.2, -0.15) is 0 Å².